The highest BCUT2D eigenvalue weighted by molar-refractivity contribution is 7.89. The van der Waals surface area contributed by atoms with Gasteiger partial charge in [0.05, 0.1) is 17.6 Å². The van der Waals surface area contributed by atoms with Crippen LogP contribution in [0.3, 0.4) is 0 Å². The third-order valence-corrected chi connectivity index (χ3v) is 5.14. The molecule has 0 radical (unpaired) electrons. The van der Waals surface area contributed by atoms with Gasteiger partial charge in [0.25, 0.3) is 0 Å². The number of sulfonamides is 1. The molecule has 0 atom stereocenters. The predicted octanol–water partition coefficient (Wildman–Crippen LogP) is -0.00828. The summed E-state index contributed by atoms with van der Waals surface area (Å²) in [5, 5.41) is 13.8. The lowest BCUT2D eigenvalue weighted by molar-refractivity contribution is 0.465. The van der Waals surface area contributed by atoms with Crippen molar-refractivity contribution in [3.05, 3.63) is 29.3 Å². The van der Waals surface area contributed by atoms with Gasteiger partial charge in [-0.15, -0.1) is 0 Å². The van der Waals surface area contributed by atoms with Crippen molar-refractivity contribution >= 4 is 10.0 Å². The topological polar surface area (TPSA) is 95.9 Å². The zero-order valence-corrected chi connectivity index (χ0v) is 13.4. The van der Waals surface area contributed by atoms with E-state index in [1.807, 2.05) is 0 Å². The highest BCUT2D eigenvalue weighted by Gasteiger charge is 2.28. The van der Waals surface area contributed by atoms with E-state index in [1.165, 1.54) is 4.31 Å². The monoisotopic (exact) mass is 312 g/mol. The van der Waals surface area contributed by atoms with E-state index in [4.69, 9.17) is 0 Å². The van der Waals surface area contributed by atoms with Crippen LogP contribution in [0.15, 0.2) is 17.3 Å². The fourth-order valence-corrected chi connectivity index (χ4v) is 3.63. The summed E-state index contributed by atoms with van der Waals surface area (Å²) in [5.74, 6) is 0. The summed E-state index contributed by atoms with van der Waals surface area (Å²) in [6.07, 6.45) is 3.45. The molecular formula is C12H20N6O2S. The van der Waals surface area contributed by atoms with E-state index < -0.39 is 10.0 Å². The fraction of sp³-hybridized carbons (Fsp3) is 0.500. The molecule has 116 valence electrons. The first-order valence-corrected chi connectivity index (χ1v) is 7.92. The second kappa shape index (κ2) is 5.96. The van der Waals surface area contributed by atoms with Crippen molar-refractivity contribution in [3.63, 3.8) is 0 Å². The number of H-pyrrole nitrogens is 1. The van der Waals surface area contributed by atoms with E-state index in [9.17, 15) is 8.42 Å². The number of hydrogen-bond donors (Lipinski definition) is 2. The Morgan fingerprint density at radius 3 is 2.76 bits per heavy atom. The number of nitrogens with one attached hydrogen (secondary N) is 2. The van der Waals surface area contributed by atoms with Crippen LogP contribution in [0.25, 0.3) is 0 Å². The van der Waals surface area contributed by atoms with Crippen LogP contribution >= 0.6 is 0 Å². The number of rotatable bonds is 6. The zero-order chi connectivity index (χ0) is 15.6. The first-order valence-electron chi connectivity index (χ1n) is 6.48. The maximum Gasteiger partial charge on any atom is 0.246 e. The predicted molar refractivity (Wildman–Crippen MR) is 77.9 cm³/mol. The summed E-state index contributed by atoms with van der Waals surface area (Å²) in [4.78, 5) is 0.239. The van der Waals surface area contributed by atoms with Crippen molar-refractivity contribution in [2.75, 3.05) is 14.1 Å². The SMILES string of the molecule is CNCc1n[nH]c(C)c1S(=O)(=O)N(C)Cc1cnn(C)c1. The van der Waals surface area contributed by atoms with Crippen LogP contribution in [0.5, 0.6) is 0 Å². The van der Waals surface area contributed by atoms with Gasteiger partial charge < -0.3 is 5.32 Å². The van der Waals surface area contributed by atoms with E-state index in [-0.39, 0.29) is 11.4 Å². The molecule has 0 unspecified atom stereocenters. The molecule has 2 heterocycles. The van der Waals surface area contributed by atoms with Crippen molar-refractivity contribution in [2.45, 2.75) is 24.9 Å². The Morgan fingerprint density at radius 1 is 1.48 bits per heavy atom. The van der Waals surface area contributed by atoms with Crippen LogP contribution in [-0.2, 0) is 30.2 Å². The van der Waals surface area contributed by atoms with Crippen LogP contribution in [0.4, 0.5) is 0 Å². The standard InChI is InChI=1S/C12H20N6O2S/c1-9-12(11(6-13-2)16-15-9)21(19,20)18(4)8-10-5-14-17(3)7-10/h5,7,13H,6,8H2,1-4H3,(H,15,16). The van der Waals surface area contributed by atoms with Crippen LogP contribution < -0.4 is 5.32 Å². The summed E-state index contributed by atoms with van der Waals surface area (Å²) in [7, 11) is 1.49. The average molecular weight is 312 g/mol. The molecule has 8 nitrogen and oxygen atoms in total. The molecule has 0 aliphatic carbocycles. The second-order valence-electron chi connectivity index (χ2n) is 4.94. The number of aromatic amines is 1. The van der Waals surface area contributed by atoms with Crippen molar-refractivity contribution in [1.82, 2.24) is 29.6 Å². The van der Waals surface area contributed by atoms with Crippen molar-refractivity contribution in [2.24, 2.45) is 7.05 Å². The summed E-state index contributed by atoms with van der Waals surface area (Å²) in [6, 6.07) is 0. The van der Waals surface area contributed by atoms with Crippen molar-refractivity contribution in [3.8, 4) is 0 Å². The minimum absolute atomic E-state index is 0.239. The van der Waals surface area contributed by atoms with Crippen LogP contribution in [-0.4, -0.2) is 46.8 Å². The highest BCUT2D eigenvalue weighted by atomic mass is 32.2. The molecule has 0 aliphatic rings. The smallest absolute Gasteiger partial charge is 0.246 e. The lowest BCUT2D eigenvalue weighted by Gasteiger charge is -2.17. The third kappa shape index (κ3) is 3.14. The van der Waals surface area contributed by atoms with Crippen LogP contribution in [0.1, 0.15) is 17.0 Å². The first-order chi connectivity index (χ1) is 9.86. The van der Waals surface area contributed by atoms with Gasteiger partial charge in [0.2, 0.25) is 10.0 Å². The van der Waals surface area contributed by atoms with Crippen LogP contribution in [0, 0.1) is 6.92 Å². The molecule has 0 aliphatic heterocycles. The molecule has 2 N–H and O–H groups in total. The number of hydrogen-bond acceptors (Lipinski definition) is 5. The molecule has 0 saturated heterocycles. The zero-order valence-electron chi connectivity index (χ0n) is 12.6. The van der Waals surface area contributed by atoms with Gasteiger partial charge in [-0.25, -0.2) is 8.42 Å². The lowest BCUT2D eigenvalue weighted by Crippen LogP contribution is -2.28. The van der Waals surface area contributed by atoms with E-state index in [0.29, 0.717) is 17.9 Å². The fourth-order valence-electron chi connectivity index (χ4n) is 2.15. The van der Waals surface area contributed by atoms with E-state index >= 15 is 0 Å². The summed E-state index contributed by atoms with van der Waals surface area (Å²) < 4.78 is 28.4. The van der Waals surface area contributed by atoms with Gasteiger partial charge in [0.1, 0.15) is 4.90 Å². The maximum atomic E-state index is 12.7. The molecule has 0 fully saturated rings. The largest absolute Gasteiger partial charge is 0.314 e. The van der Waals surface area contributed by atoms with Gasteiger partial charge in [-0.3, -0.25) is 9.78 Å². The number of nitrogens with zero attached hydrogens (tertiary/aromatic N) is 4. The third-order valence-electron chi connectivity index (χ3n) is 3.14. The normalized spacial score (nSPS) is 12.2. The summed E-state index contributed by atoms with van der Waals surface area (Å²) in [5.41, 5.74) is 1.87. The molecule has 2 rings (SSSR count). The van der Waals surface area contributed by atoms with Gasteiger partial charge in [-0.2, -0.15) is 14.5 Å². The van der Waals surface area contributed by atoms with E-state index in [2.05, 4.69) is 20.6 Å². The second-order valence-corrected chi connectivity index (χ2v) is 6.92. The van der Waals surface area contributed by atoms with Gasteiger partial charge in [0, 0.05) is 38.9 Å². The molecule has 0 aromatic carbocycles. The summed E-state index contributed by atoms with van der Waals surface area (Å²) >= 11 is 0. The molecule has 0 saturated carbocycles. The molecule has 2 aromatic heterocycles. The Morgan fingerprint density at radius 2 is 2.19 bits per heavy atom. The Hall–Kier alpha value is -1.71. The summed E-state index contributed by atoms with van der Waals surface area (Å²) in [6.45, 7) is 2.36. The molecule has 0 amide bonds. The maximum absolute atomic E-state index is 12.7. The minimum atomic E-state index is -3.61. The minimum Gasteiger partial charge on any atom is -0.314 e. The Balaban J connectivity index is 2.30. The molecule has 2 aromatic rings. The first kappa shape index (κ1) is 15.7. The number of aromatic nitrogens is 4. The molecule has 9 heteroatoms. The van der Waals surface area contributed by atoms with E-state index in [1.54, 1.807) is 45.1 Å². The Labute approximate surface area is 124 Å². The Bertz CT molecular complexity index is 718. The Kier molecular flexibility index (Phi) is 4.45. The van der Waals surface area contributed by atoms with Gasteiger partial charge in [0.15, 0.2) is 0 Å². The molecule has 0 spiro atoms. The van der Waals surface area contributed by atoms with Crippen molar-refractivity contribution < 1.29 is 8.42 Å². The lowest BCUT2D eigenvalue weighted by atomic mass is 10.4. The molecular weight excluding hydrogens is 292 g/mol. The van der Waals surface area contributed by atoms with Gasteiger partial charge in [-0.1, -0.05) is 0 Å². The molecule has 0 bridgehead atoms. The molecule has 21 heavy (non-hydrogen) atoms. The number of aryl methyl sites for hydroxylation is 2. The van der Waals surface area contributed by atoms with Crippen LogP contribution in [0.2, 0.25) is 0 Å². The highest BCUT2D eigenvalue weighted by Crippen LogP contribution is 2.22. The average Bonchev–Trinajstić information content (AvgIpc) is 2.97. The van der Waals surface area contributed by atoms with E-state index in [0.717, 1.165) is 5.56 Å². The van der Waals surface area contributed by atoms with Gasteiger partial charge in [-0.05, 0) is 14.0 Å². The van der Waals surface area contributed by atoms with Gasteiger partial charge >= 0.3 is 0 Å². The quantitative estimate of drug-likeness (QED) is 0.782. The van der Waals surface area contributed by atoms with Crippen molar-refractivity contribution in [1.29, 1.82) is 0 Å².